The molecule has 0 fully saturated rings. The fourth-order valence-electron chi connectivity index (χ4n) is 3.91. The molecule has 0 aliphatic carbocycles. The molecule has 8 heteroatoms. The third kappa shape index (κ3) is 6.21. The fourth-order valence-corrected chi connectivity index (χ4v) is 5.15. The number of amides is 1. The minimum atomic E-state index is -3.64. The van der Waals surface area contributed by atoms with Crippen LogP contribution in [0.1, 0.15) is 56.7 Å². The molecule has 2 N–H and O–H groups in total. The zero-order valence-electron chi connectivity index (χ0n) is 19.7. The number of amidine groups is 1. The number of carbonyl (C=O) groups is 1. The standard InChI is InChI=1S/C25H34N4O3S/c1-4-7-15-22(27-24-21-14-10-11-16-23(21)33(31,32)28-24)25(30)26-17-19-12-8-9-13-20(19)18-29(5-2)6-3/h8-14,16,22H,4-7,15,17-18H2,1-3H3,(H,26,30)(H,27,28). The molecule has 1 aliphatic rings. The monoisotopic (exact) mass is 470 g/mol. The molecule has 0 spiro atoms. The maximum absolute atomic E-state index is 13.1. The van der Waals surface area contributed by atoms with Gasteiger partial charge in [-0.15, -0.1) is 0 Å². The Bertz CT molecular complexity index is 1090. The number of aliphatic imine (C=N–C) groups is 1. The molecule has 3 rings (SSSR count). The van der Waals surface area contributed by atoms with Crippen molar-refractivity contribution in [1.29, 1.82) is 0 Å². The summed E-state index contributed by atoms with van der Waals surface area (Å²) in [7, 11) is -3.64. The van der Waals surface area contributed by atoms with Crippen LogP contribution in [0, 0.1) is 0 Å². The molecule has 0 aromatic heterocycles. The average molecular weight is 471 g/mol. The zero-order chi connectivity index (χ0) is 23.8. The summed E-state index contributed by atoms with van der Waals surface area (Å²) in [6, 6.07) is 14.2. The van der Waals surface area contributed by atoms with Crippen LogP contribution in [-0.4, -0.2) is 44.2 Å². The molecule has 0 saturated heterocycles. The molecule has 1 aliphatic heterocycles. The van der Waals surface area contributed by atoms with E-state index in [2.05, 4.69) is 46.8 Å². The third-order valence-corrected chi connectivity index (χ3v) is 7.34. The highest BCUT2D eigenvalue weighted by Crippen LogP contribution is 2.23. The molecule has 0 saturated carbocycles. The molecule has 7 nitrogen and oxygen atoms in total. The van der Waals surface area contributed by atoms with E-state index >= 15 is 0 Å². The van der Waals surface area contributed by atoms with Crippen LogP contribution in [0.15, 0.2) is 58.4 Å². The third-order valence-electron chi connectivity index (χ3n) is 5.94. The molecule has 1 amide bonds. The van der Waals surface area contributed by atoms with Gasteiger partial charge in [0.05, 0.1) is 4.90 Å². The van der Waals surface area contributed by atoms with Crippen LogP contribution in [0.5, 0.6) is 0 Å². The summed E-state index contributed by atoms with van der Waals surface area (Å²) in [5.41, 5.74) is 2.78. The van der Waals surface area contributed by atoms with Gasteiger partial charge in [-0.1, -0.05) is 70.0 Å². The molecular formula is C25H34N4O3S. The van der Waals surface area contributed by atoms with Gasteiger partial charge < -0.3 is 5.32 Å². The Morgan fingerprint density at radius 3 is 2.39 bits per heavy atom. The van der Waals surface area contributed by atoms with E-state index in [-0.39, 0.29) is 16.6 Å². The Hall–Kier alpha value is -2.71. The van der Waals surface area contributed by atoms with E-state index < -0.39 is 16.1 Å². The van der Waals surface area contributed by atoms with E-state index in [4.69, 9.17) is 0 Å². The van der Waals surface area contributed by atoms with Crippen molar-refractivity contribution >= 4 is 21.8 Å². The van der Waals surface area contributed by atoms with Gasteiger partial charge in [-0.2, -0.15) is 0 Å². The summed E-state index contributed by atoms with van der Waals surface area (Å²) < 4.78 is 27.3. The minimum Gasteiger partial charge on any atom is -0.350 e. The van der Waals surface area contributed by atoms with E-state index in [1.165, 1.54) is 5.56 Å². The van der Waals surface area contributed by atoms with Gasteiger partial charge in [0, 0.05) is 18.7 Å². The van der Waals surface area contributed by atoms with E-state index in [1.807, 2.05) is 18.2 Å². The van der Waals surface area contributed by atoms with Gasteiger partial charge in [0.15, 0.2) is 0 Å². The first-order chi connectivity index (χ1) is 15.9. The number of hydrogen-bond acceptors (Lipinski definition) is 5. The Balaban J connectivity index is 1.78. The number of unbranched alkanes of at least 4 members (excludes halogenated alkanes) is 1. The SMILES string of the molecule is CCCCC(N=C1NS(=O)(=O)c2ccccc21)C(=O)NCc1ccccc1CN(CC)CC. The summed E-state index contributed by atoms with van der Waals surface area (Å²) >= 11 is 0. The predicted molar refractivity (Wildman–Crippen MR) is 132 cm³/mol. The second-order valence-electron chi connectivity index (χ2n) is 8.19. The summed E-state index contributed by atoms with van der Waals surface area (Å²) in [6.45, 7) is 9.50. The summed E-state index contributed by atoms with van der Waals surface area (Å²) in [5, 5.41) is 3.03. The van der Waals surface area contributed by atoms with Gasteiger partial charge in [0.2, 0.25) is 5.91 Å². The molecule has 2 aromatic rings. The van der Waals surface area contributed by atoms with Gasteiger partial charge in [-0.05, 0) is 42.8 Å². The molecule has 1 atom stereocenters. The van der Waals surface area contributed by atoms with Gasteiger partial charge >= 0.3 is 0 Å². The highest BCUT2D eigenvalue weighted by molar-refractivity contribution is 7.90. The van der Waals surface area contributed by atoms with Crippen LogP contribution >= 0.6 is 0 Å². The highest BCUT2D eigenvalue weighted by atomic mass is 32.2. The number of carbonyl (C=O) groups excluding carboxylic acids is 1. The van der Waals surface area contributed by atoms with Gasteiger partial charge in [0.25, 0.3) is 10.0 Å². The van der Waals surface area contributed by atoms with E-state index in [9.17, 15) is 13.2 Å². The Morgan fingerprint density at radius 1 is 1.03 bits per heavy atom. The van der Waals surface area contributed by atoms with Gasteiger partial charge in [0.1, 0.15) is 11.9 Å². The van der Waals surface area contributed by atoms with Crippen molar-refractivity contribution in [2.24, 2.45) is 4.99 Å². The topological polar surface area (TPSA) is 90.9 Å². The number of sulfonamides is 1. The van der Waals surface area contributed by atoms with E-state index in [1.54, 1.807) is 24.3 Å². The molecule has 1 heterocycles. The minimum absolute atomic E-state index is 0.197. The number of nitrogens with zero attached hydrogens (tertiary/aromatic N) is 2. The second-order valence-corrected chi connectivity index (χ2v) is 9.84. The van der Waals surface area contributed by atoms with Gasteiger partial charge in [-0.25, -0.2) is 8.42 Å². The molecular weight excluding hydrogens is 436 g/mol. The van der Waals surface area contributed by atoms with Crippen LogP contribution in [-0.2, 0) is 27.9 Å². The quantitative estimate of drug-likeness (QED) is 0.526. The maximum Gasteiger partial charge on any atom is 0.263 e. The van der Waals surface area contributed by atoms with Crippen molar-refractivity contribution in [2.45, 2.75) is 64.1 Å². The Kier molecular flexibility index (Phi) is 8.63. The number of hydrogen-bond donors (Lipinski definition) is 2. The summed E-state index contributed by atoms with van der Waals surface area (Å²) in [5.74, 6) is 0.0426. The van der Waals surface area contributed by atoms with Crippen LogP contribution < -0.4 is 10.0 Å². The predicted octanol–water partition coefficient (Wildman–Crippen LogP) is 3.44. The van der Waals surface area contributed by atoms with Gasteiger partial charge in [-0.3, -0.25) is 19.4 Å². The summed E-state index contributed by atoms with van der Waals surface area (Å²) in [4.78, 5) is 20.2. The smallest absolute Gasteiger partial charge is 0.263 e. The first kappa shape index (κ1) is 24.9. The lowest BCUT2D eigenvalue weighted by atomic mass is 10.1. The van der Waals surface area contributed by atoms with Crippen LogP contribution in [0.25, 0.3) is 0 Å². The number of benzene rings is 2. The van der Waals surface area contributed by atoms with E-state index in [0.717, 1.165) is 38.0 Å². The lowest BCUT2D eigenvalue weighted by molar-refractivity contribution is -0.122. The summed E-state index contributed by atoms with van der Waals surface area (Å²) in [6.07, 6.45) is 2.29. The maximum atomic E-state index is 13.1. The first-order valence-electron chi connectivity index (χ1n) is 11.7. The van der Waals surface area contributed by atoms with Crippen LogP contribution in [0.3, 0.4) is 0 Å². The van der Waals surface area contributed by atoms with Crippen LogP contribution in [0.4, 0.5) is 0 Å². The molecule has 0 bridgehead atoms. The van der Waals surface area contributed by atoms with Crippen molar-refractivity contribution < 1.29 is 13.2 Å². The average Bonchev–Trinajstić information content (AvgIpc) is 3.09. The van der Waals surface area contributed by atoms with E-state index in [0.29, 0.717) is 18.5 Å². The second kappa shape index (κ2) is 11.4. The molecule has 2 aromatic carbocycles. The van der Waals surface area contributed by atoms with Crippen molar-refractivity contribution in [3.05, 3.63) is 65.2 Å². The molecule has 33 heavy (non-hydrogen) atoms. The van der Waals surface area contributed by atoms with Crippen molar-refractivity contribution in [3.8, 4) is 0 Å². The lowest BCUT2D eigenvalue weighted by Gasteiger charge is -2.20. The largest absolute Gasteiger partial charge is 0.350 e. The number of fused-ring (bicyclic) bond motifs is 1. The lowest BCUT2D eigenvalue weighted by Crippen LogP contribution is -2.35. The van der Waals surface area contributed by atoms with Crippen molar-refractivity contribution in [1.82, 2.24) is 14.9 Å². The number of rotatable bonds is 11. The van der Waals surface area contributed by atoms with Crippen molar-refractivity contribution in [3.63, 3.8) is 0 Å². The zero-order valence-corrected chi connectivity index (χ0v) is 20.5. The molecule has 1 unspecified atom stereocenters. The first-order valence-corrected chi connectivity index (χ1v) is 13.1. The normalized spacial score (nSPS) is 16.4. The number of nitrogens with one attached hydrogen (secondary N) is 2. The Labute approximate surface area is 197 Å². The van der Waals surface area contributed by atoms with Crippen molar-refractivity contribution in [2.75, 3.05) is 13.1 Å². The Morgan fingerprint density at radius 2 is 1.70 bits per heavy atom. The molecule has 178 valence electrons. The fraction of sp³-hybridized carbons (Fsp3) is 0.440. The molecule has 0 radical (unpaired) electrons. The van der Waals surface area contributed by atoms with Crippen LogP contribution in [0.2, 0.25) is 0 Å². The highest BCUT2D eigenvalue weighted by Gasteiger charge is 2.31.